The largest absolute Gasteiger partial charge is 0.505 e. The lowest BCUT2D eigenvalue weighted by Gasteiger charge is -2.41. The van der Waals surface area contributed by atoms with E-state index < -0.39 is 29.2 Å². The number of hydrogen-bond acceptors (Lipinski definition) is 8. The Balaban J connectivity index is 1.37. The summed E-state index contributed by atoms with van der Waals surface area (Å²) in [5.74, 6) is 0.566. The van der Waals surface area contributed by atoms with Gasteiger partial charge in [-0.15, -0.1) is 0 Å². The quantitative estimate of drug-likeness (QED) is 0.248. The number of rotatable bonds is 7. The third-order valence-electron chi connectivity index (χ3n) is 7.32. The fourth-order valence-corrected chi connectivity index (χ4v) is 5.02. The minimum Gasteiger partial charge on any atom is -0.505 e. The first-order valence-corrected chi connectivity index (χ1v) is 13.4. The molecule has 4 aromatic rings. The van der Waals surface area contributed by atoms with Crippen LogP contribution in [0.1, 0.15) is 48.2 Å². The van der Waals surface area contributed by atoms with Gasteiger partial charge in [-0.3, -0.25) is 4.79 Å². The van der Waals surface area contributed by atoms with Crippen molar-refractivity contribution in [1.82, 2.24) is 0 Å². The minimum absolute atomic E-state index is 0.0493. The lowest BCUT2D eigenvalue weighted by atomic mass is 9.94. The topological polar surface area (TPSA) is 116 Å². The molecule has 5 rings (SSSR count). The second kappa shape index (κ2) is 11.3. The molecule has 0 saturated carbocycles. The highest BCUT2D eigenvalue weighted by molar-refractivity contribution is 6.06. The van der Waals surface area contributed by atoms with Crippen molar-refractivity contribution in [3.05, 3.63) is 87.8 Å². The third-order valence-corrected chi connectivity index (χ3v) is 7.32. The molecule has 2 atom stereocenters. The molecule has 2 heterocycles. The monoisotopic (exact) mass is 559 g/mol. The van der Waals surface area contributed by atoms with Gasteiger partial charge in [0.15, 0.2) is 11.4 Å². The van der Waals surface area contributed by atoms with Crippen molar-refractivity contribution in [2.24, 2.45) is 0 Å². The van der Waals surface area contributed by atoms with Crippen molar-refractivity contribution in [3.63, 3.8) is 0 Å². The highest BCUT2D eigenvalue weighted by Gasteiger charge is 2.39. The Labute approximate surface area is 237 Å². The maximum Gasteiger partial charge on any atom is 0.364 e. The Kier molecular flexibility index (Phi) is 7.75. The third kappa shape index (κ3) is 5.77. The standard InChI is InChI=1S/C32H33NO8/c1-18-9-6-7-12-23(18)38-21-11-8-10-20(17-21)30(35)33-27-28(34)22-13-14-24(19(2)29(22)40-31(27)36)39-26-16-15-25(37-5)32(3,4)41-26/h6-14,17,25-26,34H,15-16H2,1-5H3,(H,33,35)/t25-,26-/m1/s1. The number of methoxy groups -OCH3 is 1. The SMILES string of the molecule is CO[C@@H]1CC[C@H](Oc2ccc3c(O)c(NC(=O)c4cccc(Oc5ccccc5C)c4)c(=O)oc3c2C)OC1(C)C. The molecule has 0 bridgehead atoms. The molecule has 1 aliphatic rings. The normalized spacial score (nSPS) is 18.2. The van der Waals surface area contributed by atoms with Gasteiger partial charge in [-0.2, -0.15) is 0 Å². The molecule has 3 aromatic carbocycles. The number of fused-ring (bicyclic) bond motifs is 1. The lowest BCUT2D eigenvalue weighted by Crippen LogP contribution is -2.49. The van der Waals surface area contributed by atoms with Gasteiger partial charge in [0.1, 0.15) is 22.8 Å². The van der Waals surface area contributed by atoms with Crippen molar-refractivity contribution in [2.75, 3.05) is 12.4 Å². The van der Waals surface area contributed by atoms with E-state index in [2.05, 4.69) is 5.32 Å². The highest BCUT2D eigenvalue weighted by Crippen LogP contribution is 2.38. The number of amides is 1. The van der Waals surface area contributed by atoms with E-state index in [0.717, 1.165) is 12.0 Å². The molecule has 2 N–H and O–H groups in total. The summed E-state index contributed by atoms with van der Waals surface area (Å²) in [6.07, 6.45) is 0.820. The van der Waals surface area contributed by atoms with Gasteiger partial charge in [0.2, 0.25) is 6.29 Å². The van der Waals surface area contributed by atoms with Crippen LogP contribution in [0.25, 0.3) is 11.0 Å². The number of para-hydroxylation sites is 1. The molecule has 0 spiro atoms. The number of carbonyl (C=O) groups is 1. The van der Waals surface area contributed by atoms with Gasteiger partial charge in [0, 0.05) is 24.7 Å². The molecule has 9 heteroatoms. The van der Waals surface area contributed by atoms with Crippen molar-refractivity contribution in [2.45, 2.75) is 58.5 Å². The van der Waals surface area contributed by atoms with Crippen LogP contribution in [-0.4, -0.2) is 36.1 Å². The predicted molar refractivity (Wildman–Crippen MR) is 154 cm³/mol. The number of carbonyl (C=O) groups excluding carboxylic acids is 1. The molecule has 214 valence electrons. The smallest absolute Gasteiger partial charge is 0.364 e. The van der Waals surface area contributed by atoms with E-state index in [9.17, 15) is 14.7 Å². The molecule has 1 saturated heterocycles. The minimum atomic E-state index is -0.895. The second-order valence-corrected chi connectivity index (χ2v) is 10.6. The van der Waals surface area contributed by atoms with Crippen LogP contribution >= 0.6 is 0 Å². The lowest BCUT2D eigenvalue weighted by molar-refractivity contribution is -0.233. The number of benzene rings is 3. The number of aromatic hydroxyl groups is 1. The van der Waals surface area contributed by atoms with Gasteiger partial charge in [0.25, 0.3) is 5.91 Å². The zero-order valence-corrected chi connectivity index (χ0v) is 23.6. The first kappa shape index (κ1) is 28.2. The molecule has 0 unspecified atom stereocenters. The molecule has 9 nitrogen and oxygen atoms in total. The molecule has 1 aliphatic heterocycles. The van der Waals surface area contributed by atoms with Crippen LogP contribution in [0.15, 0.2) is 69.9 Å². The van der Waals surface area contributed by atoms with E-state index in [-0.39, 0.29) is 28.3 Å². The number of anilines is 1. The van der Waals surface area contributed by atoms with Crippen LogP contribution in [-0.2, 0) is 9.47 Å². The second-order valence-electron chi connectivity index (χ2n) is 10.6. The first-order valence-electron chi connectivity index (χ1n) is 13.4. The molecule has 41 heavy (non-hydrogen) atoms. The van der Waals surface area contributed by atoms with Gasteiger partial charge >= 0.3 is 5.63 Å². The van der Waals surface area contributed by atoms with Crippen molar-refractivity contribution in [1.29, 1.82) is 0 Å². The molecule has 0 radical (unpaired) electrons. The predicted octanol–water partition coefficient (Wildman–Crippen LogP) is 6.47. The van der Waals surface area contributed by atoms with Crippen LogP contribution in [0, 0.1) is 13.8 Å². The van der Waals surface area contributed by atoms with Crippen LogP contribution in [0.5, 0.6) is 23.0 Å². The molecule has 1 aromatic heterocycles. The molecule has 1 amide bonds. The summed E-state index contributed by atoms with van der Waals surface area (Å²) < 4.78 is 29.2. The summed E-state index contributed by atoms with van der Waals surface area (Å²) in [5, 5.41) is 13.7. The zero-order valence-electron chi connectivity index (χ0n) is 23.6. The molecular weight excluding hydrogens is 526 g/mol. The average molecular weight is 560 g/mol. The first-order chi connectivity index (χ1) is 19.6. The Morgan fingerprint density at radius 1 is 1.02 bits per heavy atom. The van der Waals surface area contributed by atoms with Crippen LogP contribution in [0.4, 0.5) is 5.69 Å². The van der Waals surface area contributed by atoms with E-state index in [1.165, 1.54) is 0 Å². The van der Waals surface area contributed by atoms with Gasteiger partial charge in [-0.25, -0.2) is 4.79 Å². The Hall–Kier alpha value is -4.34. The van der Waals surface area contributed by atoms with Crippen molar-refractivity contribution in [3.8, 4) is 23.0 Å². The zero-order chi connectivity index (χ0) is 29.3. The molecule has 0 aliphatic carbocycles. The fraction of sp³-hybridized carbons (Fsp3) is 0.312. The van der Waals surface area contributed by atoms with E-state index in [1.807, 2.05) is 45.0 Å². The van der Waals surface area contributed by atoms with Crippen molar-refractivity contribution < 1.29 is 33.3 Å². The fourth-order valence-electron chi connectivity index (χ4n) is 5.02. The summed E-state index contributed by atoms with van der Waals surface area (Å²) in [7, 11) is 1.66. The van der Waals surface area contributed by atoms with E-state index in [0.29, 0.717) is 29.2 Å². The van der Waals surface area contributed by atoms with E-state index >= 15 is 0 Å². The number of nitrogens with one attached hydrogen (secondary N) is 1. The maximum atomic E-state index is 13.1. The van der Waals surface area contributed by atoms with Crippen molar-refractivity contribution >= 4 is 22.6 Å². The Bertz CT molecular complexity index is 1660. The van der Waals surface area contributed by atoms with Crippen LogP contribution in [0.3, 0.4) is 0 Å². The Morgan fingerprint density at radius 3 is 2.54 bits per heavy atom. The number of hydrogen-bond donors (Lipinski definition) is 2. The van der Waals surface area contributed by atoms with Gasteiger partial charge in [-0.05, 0) is 76.1 Å². The average Bonchev–Trinajstić information content (AvgIpc) is 2.94. The molecular formula is C32H33NO8. The Morgan fingerprint density at radius 2 is 1.80 bits per heavy atom. The van der Waals surface area contributed by atoms with Gasteiger partial charge in [-0.1, -0.05) is 24.3 Å². The van der Waals surface area contributed by atoms with E-state index in [1.54, 1.807) is 50.4 Å². The summed E-state index contributed by atoms with van der Waals surface area (Å²) in [6.45, 7) is 7.55. The highest BCUT2D eigenvalue weighted by atomic mass is 16.7. The maximum absolute atomic E-state index is 13.1. The van der Waals surface area contributed by atoms with Gasteiger partial charge in [0.05, 0.1) is 17.1 Å². The van der Waals surface area contributed by atoms with Gasteiger partial charge < -0.3 is 33.8 Å². The summed E-state index contributed by atoms with van der Waals surface area (Å²) in [6, 6.07) is 17.3. The number of ether oxygens (including phenoxy) is 4. The summed E-state index contributed by atoms with van der Waals surface area (Å²) in [5.41, 5.74) is 0.0657. The van der Waals surface area contributed by atoms with Crippen LogP contribution < -0.4 is 20.4 Å². The molecule has 1 fully saturated rings. The number of aryl methyl sites for hydroxylation is 2. The summed E-state index contributed by atoms with van der Waals surface area (Å²) in [4.78, 5) is 26.0. The summed E-state index contributed by atoms with van der Waals surface area (Å²) >= 11 is 0. The van der Waals surface area contributed by atoms with Crippen LogP contribution in [0.2, 0.25) is 0 Å². The van der Waals surface area contributed by atoms with E-state index in [4.69, 9.17) is 23.4 Å².